The van der Waals surface area contributed by atoms with E-state index in [4.69, 9.17) is 54.7 Å². The molecule has 2 heterocycles. The van der Waals surface area contributed by atoms with Gasteiger partial charge in [0, 0.05) is 41.8 Å². The third-order valence-corrected chi connectivity index (χ3v) is 8.84. The number of amides is 1. The van der Waals surface area contributed by atoms with Crippen LogP contribution in [0.4, 0.5) is 0 Å². The van der Waals surface area contributed by atoms with E-state index < -0.39 is 5.97 Å². The Labute approximate surface area is 275 Å². The first-order valence-electron chi connectivity index (χ1n) is 14.0. The Bertz CT molecular complexity index is 1540. The van der Waals surface area contributed by atoms with Crippen LogP contribution in [-0.4, -0.2) is 83.7 Å². The lowest BCUT2D eigenvalue weighted by Gasteiger charge is -2.26. The average Bonchev–Trinajstić information content (AvgIpc) is 3.27. The Balaban J connectivity index is 1.28. The molecule has 0 atom stereocenters. The van der Waals surface area contributed by atoms with Gasteiger partial charge in [-0.3, -0.25) is 14.6 Å². The molecule has 0 aromatic heterocycles. The second kappa shape index (κ2) is 15.2. The lowest BCUT2D eigenvalue weighted by Crippen LogP contribution is -2.38. The largest absolute Gasteiger partial charge is 0.494 e. The number of carbonyl (C=O) groups excluding carboxylic acids is 1. The maximum absolute atomic E-state index is 13.4. The van der Waals surface area contributed by atoms with Crippen LogP contribution in [0.3, 0.4) is 0 Å². The molecule has 2 aliphatic heterocycles. The minimum atomic E-state index is -0.994. The highest BCUT2D eigenvalue weighted by Gasteiger charge is 2.32. The Morgan fingerprint density at radius 2 is 1.68 bits per heavy atom. The van der Waals surface area contributed by atoms with Gasteiger partial charge in [-0.05, 0) is 78.2 Å². The van der Waals surface area contributed by atoms with Gasteiger partial charge in [-0.2, -0.15) is 0 Å². The second-order valence-electron chi connectivity index (χ2n) is 10.1. The van der Waals surface area contributed by atoms with Crippen molar-refractivity contribution < 1.29 is 28.9 Å². The molecule has 2 aliphatic rings. The van der Waals surface area contributed by atoms with Crippen LogP contribution in [0.5, 0.6) is 11.5 Å². The molecule has 8 nitrogen and oxygen atoms in total. The molecule has 0 saturated carbocycles. The van der Waals surface area contributed by atoms with Gasteiger partial charge in [0.25, 0.3) is 5.91 Å². The molecule has 1 amide bonds. The molecule has 230 valence electrons. The summed E-state index contributed by atoms with van der Waals surface area (Å²) in [6, 6.07) is 17.4. The Hall–Kier alpha value is -3.12. The number of carbonyl (C=O) groups is 2. The minimum Gasteiger partial charge on any atom is -0.494 e. The third kappa shape index (κ3) is 8.53. The van der Waals surface area contributed by atoms with E-state index in [-0.39, 0.29) is 11.5 Å². The third-order valence-electron chi connectivity index (χ3n) is 7.03. The van der Waals surface area contributed by atoms with E-state index in [1.165, 1.54) is 23.9 Å². The van der Waals surface area contributed by atoms with Crippen molar-refractivity contribution in [2.75, 3.05) is 52.6 Å². The highest BCUT2D eigenvalue weighted by atomic mass is 35.5. The van der Waals surface area contributed by atoms with E-state index in [0.29, 0.717) is 56.9 Å². The van der Waals surface area contributed by atoms with E-state index in [2.05, 4.69) is 4.90 Å². The molecule has 3 aromatic carbocycles. The molecule has 1 N–H and O–H groups in total. The number of ether oxygens (including phenoxy) is 3. The van der Waals surface area contributed by atoms with Crippen molar-refractivity contribution in [3.05, 3.63) is 86.7 Å². The van der Waals surface area contributed by atoms with Gasteiger partial charge in [-0.15, -0.1) is 0 Å². The normalized spacial score (nSPS) is 16.5. The van der Waals surface area contributed by atoms with E-state index in [1.54, 1.807) is 23.1 Å². The summed E-state index contributed by atoms with van der Waals surface area (Å²) in [5, 5.41) is 10.1. The zero-order chi connectivity index (χ0) is 31.1. The Kier molecular flexibility index (Phi) is 11.2. The van der Waals surface area contributed by atoms with Gasteiger partial charge in [0.15, 0.2) is 0 Å². The molecule has 2 saturated heterocycles. The summed E-state index contributed by atoms with van der Waals surface area (Å²) in [7, 11) is 0. The zero-order valence-corrected chi connectivity index (χ0v) is 26.8. The van der Waals surface area contributed by atoms with Gasteiger partial charge >= 0.3 is 5.97 Å². The summed E-state index contributed by atoms with van der Waals surface area (Å²) in [5.41, 5.74) is 2.66. The Morgan fingerprint density at radius 3 is 2.39 bits per heavy atom. The van der Waals surface area contributed by atoms with Crippen molar-refractivity contribution in [2.24, 2.45) is 0 Å². The topological polar surface area (TPSA) is 88.5 Å². The molecule has 12 heteroatoms. The van der Waals surface area contributed by atoms with Crippen LogP contribution in [0.15, 0.2) is 65.6 Å². The van der Waals surface area contributed by atoms with Crippen LogP contribution in [0.1, 0.15) is 22.3 Å². The van der Waals surface area contributed by atoms with E-state index in [9.17, 15) is 9.59 Å². The molecule has 44 heavy (non-hydrogen) atoms. The van der Waals surface area contributed by atoms with Gasteiger partial charge in [-0.1, -0.05) is 53.2 Å². The standard InChI is InChI=1S/C32H30Cl2N2O6S2/c33-25-17-23(18-26(34)20-25)22-4-7-28(42-15-11-35-9-13-40-14-10-35)24(16-22)19-29-30(37)36(32(43)44-29)8-1-12-41-27-5-2-21(3-6-27)31(38)39/h2-7,16-20H,1,8-15H2,(H,38,39). The van der Waals surface area contributed by atoms with Crippen LogP contribution < -0.4 is 9.47 Å². The molecular formula is C32H30Cl2N2O6S2. The Morgan fingerprint density at radius 1 is 0.955 bits per heavy atom. The number of thioether (sulfide) groups is 1. The predicted octanol–water partition coefficient (Wildman–Crippen LogP) is 6.74. The average molecular weight is 674 g/mol. The molecule has 0 unspecified atom stereocenters. The van der Waals surface area contributed by atoms with Crippen molar-refractivity contribution in [3.8, 4) is 22.6 Å². The summed E-state index contributed by atoms with van der Waals surface area (Å²) in [6.45, 7) is 5.16. The summed E-state index contributed by atoms with van der Waals surface area (Å²) in [5.74, 6) is 0.0394. The first kappa shape index (κ1) is 32.3. The van der Waals surface area contributed by atoms with Gasteiger partial charge in [0.2, 0.25) is 0 Å². The smallest absolute Gasteiger partial charge is 0.335 e. The first-order chi connectivity index (χ1) is 21.3. The number of hydrogen-bond acceptors (Lipinski definition) is 8. The summed E-state index contributed by atoms with van der Waals surface area (Å²) >= 11 is 19.4. The molecule has 0 aliphatic carbocycles. The molecule has 0 bridgehead atoms. The maximum atomic E-state index is 13.4. The highest BCUT2D eigenvalue weighted by molar-refractivity contribution is 8.26. The summed E-state index contributed by atoms with van der Waals surface area (Å²) < 4.78 is 17.9. The lowest BCUT2D eigenvalue weighted by molar-refractivity contribution is -0.122. The fraction of sp³-hybridized carbons (Fsp3) is 0.281. The first-order valence-corrected chi connectivity index (χ1v) is 16.0. The summed E-state index contributed by atoms with van der Waals surface area (Å²) in [6.07, 6.45) is 2.36. The van der Waals surface area contributed by atoms with Crippen molar-refractivity contribution in [1.29, 1.82) is 0 Å². The second-order valence-corrected chi connectivity index (χ2v) is 12.6. The molecule has 0 radical (unpaired) electrons. The fourth-order valence-corrected chi connectivity index (χ4v) is 6.57. The number of hydrogen-bond donors (Lipinski definition) is 1. The number of aromatic carboxylic acids is 1. The number of nitrogens with zero attached hydrogens (tertiary/aromatic N) is 2. The van der Waals surface area contributed by atoms with Crippen LogP contribution in [0, 0.1) is 0 Å². The number of morpholine rings is 1. The van der Waals surface area contributed by atoms with Crippen LogP contribution in [0.25, 0.3) is 17.2 Å². The summed E-state index contributed by atoms with van der Waals surface area (Å²) in [4.78, 5) is 28.8. The quantitative estimate of drug-likeness (QED) is 0.128. The monoisotopic (exact) mass is 672 g/mol. The van der Waals surface area contributed by atoms with Crippen LogP contribution in [-0.2, 0) is 9.53 Å². The number of thiocarbonyl (C=S) groups is 1. The van der Waals surface area contributed by atoms with Gasteiger partial charge < -0.3 is 19.3 Å². The van der Waals surface area contributed by atoms with E-state index in [1.807, 2.05) is 36.4 Å². The highest BCUT2D eigenvalue weighted by Crippen LogP contribution is 2.36. The SMILES string of the molecule is O=C(O)c1ccc(OCCCN2C(=O)C(=Cc3cc(-c4cc(Cl)cc(Cl)c4)ccc3OCCN3CCOCC3)SC2=S)cc1. The van der Waals surface area contributed by atoms with Crippen molar-refractivity contribution in [3.63, 3.8) is 0 Å². The van der Waals surface area contributed by atoms with Gasteiger partial charge in [0.1, 0.15) is 22.4 Å². The van der Waals surface area contributed by atoms with Crippen LogP contribution in [0.2, 0.25) is 10.0 Å². The molecule has 0 spiro atoms. The molecule has 2 fully saturated rings. The van der Waals surface area contributed by atoms with Gasteiger partial charge in [0.05, 0.1) is 30.3 Å². The molecular weight excluding hydrogens is 643 g/mol. The molecule has 3 aromatic rings. The van der Waals surface area contributed by atoms with Crippen molar-refractivity contribution in [1.82, 2.24) is 9.80 Å². The fourth-order valence-electron chi connectivity index (χ4n) is 4.74. The van der Waals surface area contributed by atoms with Gasteiger partial charge in [-0.25, -0.2) is 4.79 Å². The van der Waals surface area contributed by atoms with Crippen molar-refractivity contribution >= 4 is 69.5 Å². The number of benzene rings is 3. The zero-order valence-electron chi connectivity index (χ0n) is 23.7. The lowest BCUT2D eigenvalue weighted by atomic mass is 10.0. The minimum absolute atomic E-state index is 0.179. The van der Waals surface area contributed by atoms with E-state index >= 15 is 0 Å². The molecule has 5 rings (SSSR count). The number of carboxylic acid groups (broad SMARTS) is 1. The number of rotatable bonds is 12. The van der Waals surface area contributed by atoms with Crippen molar-refractivity contribution in [2.45, 2.75) is 6.42 Å². The number of halogens is 2. The van der Waals surface area contributed by atoms with E-state index in [0.717, 1.165) is 49.5 Å². The van der Waals surface area contributed by atoms with Crippen LogP contribution >= 0.6 is 47.2 Å². The number of carboxylic acids is 1. The predicted molar refractivity (Wildman–Crippen MR) is 178 cm³/mol. The maximum Gasteiger partial charge on any atom is 0.335 e.